The van der Waals surface area contributed by atoms with E-state index in [-0.39, 0.29) is 0 Å². The van der Waals surface area contributed by atoms with Crippen molar-refractivity contribution in [2.75, 3.05) is 17.7 Å². The summed E-state index contributed by atoms with van der Waals surface area (Å²) in [6.45, 7) is 4.07. The minimum absolute atomic E-state index is 0.728. The van der Waals surface area contributed by atoms with Gasteiger partial charge >= 0.3 is 0 Å². The first-order chi connectivity index (χ1) is 8.08. The molecule has 17 heavy (non-hydrogen) atoms. The van der Waals surface area contributed by atoms with Gasteiger partial charge in [-0.1, -0.05) is 17.7 Å². The Balaban J connectivity index is 2.33. The topological polar surface area (TPSA) is 42.1 Å². The predicted molar refractivity (Wildman–Crippen MR) is 72.6 cm³/mol. The molecule has 2 rings (SSSR count). The van der Waals surface area contributed by atoms with Crippen LogP contribution in [-0.4, -0.2) is 12.0 Å². The van der Waals surface area contributed by atoms with Crippen LogP contribution in [0.3, 0.4) is 0 Å². The Morgan fingerprint density at radius 1 is 1.12 bits per heavy atom. The van der Waals surface area contributed by atoms with E-state index < -0.39 is 0 Å². The number of aromatic nitrogens is 1. The molecule has 0 saturated carbocycles. The Morgan fingerprint density at radius 2 is 1.76 bits per heavy atom. The average Bonchev–Trinajstić information content (AvgIpc) is 2.33. The Hall–Kier alpha value is -2.03. The molecule has 1 heterocycles. The first-order valence-corrected chi connectivity index (χ1v) is 5.60. The molecule has 3 nitrogen and oxygen atoms in total. The second-order valence-corrected chi connectivity index (χ2v) is 4.29. The molecule has 0 bridgehead atoms. The Morgan fingerprint density at radius 3 is 2.35 bits per heavy atom. The zero-order valence-corrected chi connectivity index (χ0v) is 10.4. The zero-order chi connectivity index (χ0) is 12.4. The normalized spacial score (nSPS) is 10.3. The van der Waals surface area contributed by atoms with Crippen molar-refractivity contribution in [1.82, 2.24) is 4.98 Å². The van der Waals surface area contributed by atoms with Crippen molar-refractivity contribution >= 4 is 17.2 Å². The number of anilines is 3. The van der Waals surface area contributed by atoms with Crippen molar-refractivity contribution in [1.29, 1.82) is 0 Å². The van der Waals surface area contributed by atoms with Crippen LogP contribution in [0.2, 0.25) is 0 Å². The highest BCUT2D eigenvalue weighted by molar-refractivity contribution is 5.62. The molecule has 0 aliphatic rings. The minimum Gasteiger partial charge on any atom is -0.397 e. The molecule has 0 atom stereocenters. The maximum absolute atomic E-state index is 5.77. The smallest absolute Gasteiger partial charge is 0.133 e. The lowest BCUT2D eigenvalue weighted by Crippen LogP contribution is -2.11. The number of nitrogens with zero attached hydrogens (tertiary/aromatic N) is 2. The molecule has 0 amide bonds. The number of benzene rings is 1. The van der Waals surface area contributed by atoms with Gasteiger partial charge in [0, 0.05) is 12.7 Å². The summed E-state index contributed by atoms with van der Waals surface area (Å²) >= 11 is 0. The van der Waals surface area contributed by atoms with Gasteiger partial charge in [0.15, 0.2) is 0 Å². The molecule has 2 aromatic rings. The van der Waals surface area contributed by atoms with E-state index in [0.717, 1.165) is 22.8 Å². The fraction of sp³-hybridized carbons (Fsp3) is 0.214. The molecule has 2 N–H and O–H groups in total. The van der Waals surface area contributed by atoms with Crippen LogP contribution in [0, 0.1) is 13.8 Å². The van der Waals surface area contributed by atoms with E-state index in [4.69, 9.17) is 5.73 Å². The van der Waals surface area contributed by atoms with Gasteiger partial charge in [0.2, 0.25) is 0 Å². The number of nitrogens with two attached hydrogens (primary N) is 1. The highest BCUT2D eigenvalue weighted by Crippen LogP contribution is 2.23. The number of pyridine rings is 1. The number of aryl methyl sites for hydroxylation is 2. The first kappa shape index (κ1) is 11.5. The van der Waals surface area contributed by atoms with Crippen molar-refractivity contribution in [2.45, 2.75) is 13.8 Å². The molecule has 1 aromatic heterocycles. The van der Waals surface area contributed by atoms with Crippen molar-refractivity contribution in [3.63, 3.8) is 0 Å². The molecule has 0 spiro atoms. The van der Waals surface area contributed by atoms with Crippen molar-refractivity contribution in [3.05, 3.63) is 47.7 Å². The molecule has 1 aromatic carbocycles. The van der Waals surface area contributed by atoms with E-state index in [9.17, 15) is 0 Å². The van der Waals surface area contributed by atoms with Gasteiger partial charge in [-0.3, -0.25) is 0 Å². The van der Waals surface area contributed by atoms with E-state index in [1.807, 2.05) is 24.9 Å². The lowest BCUT2D eigenvalue weighted by molar-refractivity contribution is 1.12. The molecule has 3 heteroatoms. The van der Waals surface area contributed by atoms with Crippen LogP contribution in [0.5, 0.6) is 0 Å². The van der Waals surface area contributed by atoms with Crippen molar-refractivity contribution < 1.29 is 0 Å². The van der Waals surface area contributed by atoms with Gasteiger partial charge in [0.25, 0.3) is 0 Å². The molecular formula is C14H17N3. The average molecular weight is 227 g/mol. The fourth-order valence-corrected chi connectivity index (χ4v) is 1.64. The van der Waals surface area contributed by atoms with Crippen molar-refractivity contribution in [3.8, 4) is 0 Å². The summed E-state index contributed by atoms with van der Waals surface area (Å²) < 4.78 is 0. The van der Waals surface area contributed by atoms with Gasteiger partial charge in [-0.2, -0.15) is 0 Å². The fourth-order valence-electron chi connectivity index (χ4n) is 1.64. The largest absolute Gasteiger partial charge is 0.397 e. The van der Waals surface area contributed by atoms with Gasteiger partial charge in [-0.05, 0) is 37.6 Å². The van der Waals surface area contributed by atoms with E-state index in [0.29, 0.717) is 0 Å². The van der Waals surface area contributed by atoms with E-state index in [1.54, 1.807) is 6.20 Å². The SMILES string of the molecule is Cc1ccc(N(C)c2cc(C)c(N)cn2)cc1. The van der Waals surface area contributed by atoms with Gasteiger partial charge in [0.05, 0.1) is 11.9 Å². The monoisotopic (exact) mass is 227 g/mol. The van der Waals surface area contributed by atoms with Crippen LogP contribution < -0.4 is 10.6 Å². The Labute approximate surface area is 102 Å². The van der Waals surface area contributed by atoms with E-state index >= 15 is 0 Å². The Bertz CT molecular complexity index is 517. The van der Waals surface area contributed by atoms with Crippen LogP contribution >= 0.6 is 0 Å². The summed E-state index contributed by atoms with van der Waals surface area (Å²) in [7, 11) is 2.00. The predicted octanol–water partition coefficient (Wildman–Crippen LogP) is 3.05. The maximum atomic E-state index is 5.77. The van der Waals surface area contributed by atoms with Gasteiger partial charge in [-0.25, -0.2) is 4.98 Å². The standard InChI is InChI=1S/C14H17N3/c1-10-4-6-12(7-5-10)17(3)14-8-11(2)13(15)9-16-14/h4-9H,15H2,1-3H3. The number of rotatable bonds is 2. The van der Waals surface area contributed by atoms with Crippen LogP contribution in [0.4, 0.5) is 17.2 Å². The molecule has 0 saturated heterocycles. The number of hydrogen-bond acceptors (Lipinski definition) is 3. The number of hydrogen-bond donors (Lipinski definition) is 1. The lowest BCUT2D eigenvalue weighted by Gasteiger charge is -2.19. The summed E-state index contributed by atoms with van der Waals surface area (Å²) in [6.07, 6.45) is 1.70. The third kappa shape index (κ3) is 2.38. The molecule has 88 valence electrons. The quantitative estimate of drug-likeness (QED) is 0.857. The van der Waals surface area contributed by atoms with Gasteiger partial charge < -0.3 is 10.6 Å². The van der Waals surface area contributed by atoms with Crippen LogP contribution in [-0.2, 0) is 0 Å². The van der Waals surface area contributed by atoms with Crippen molar-refractivity contribution in [2.24, 2.45) is 0 Å². The third-order valence-corrected chi connectivity index (χ3v) is 2.90. The third-order valence-electron chi connectivity index (χ3n) is 2.90. The highest BCUT2D eigenvalue weighted by Gasteiger charge is 2.06. The van der Waals surface area contributed by atoms with E-state index in [2.05, 4.69) is 36.2 Å². The molecule has 0 radical (unpaired) electrons. The number of nitrogen functional groups attached to an aromatic ring is 1. The zero-order valence-electron chi connectivity index (χ0n) is 10.4. The van der Waals surface area contributed by atoms with Crippen LogP contribution in [0.25, 0.3) is 0 Å². The lowest BCUT2D eigenvalue weighted by atomic mass is 10.2. The summed E-state index contributed by atoms with van der Waals surface area (Å²) in [5.74, 6) is 0.903. The summed E-state index contributed by atoms with van der Waals surface area (Å²) in [6, 6.07) is 10.4. The maximum Gasteiger partial charge on any atom is 0.133 e. The first-order valence-electron chi connectivity index (χ1n) is 5.60. The molecular weight excluding hydrogens is 210 g/mol. The molecule has 0 unspecified atom stereocenters. The molecule has 0 fully saturated rings. The van der Waals surface area contributed by atoms with Gasteiger partial charge in [0.1, 0.15) is 5.82 Å². The highest BCUT2D eigenvalue weighted by atomic mass is 15.2. The molecule has 0 aliphatic heterocycles. The van der Waals surface area contributed by atoms with Crippen LogP contribution in [0.1, 0.15) is 11.1 Å². The summed E-state index contributed by atoms with van der Waals surface area (Å²) in [5, 5.41) is 0. The van der Waals surface area contributed by atoms with Gasteiger partial charge in [-0.15, -0.1) is 0 Å². The second-order valence-electron chi connectivity index (χ2n) is 4.29. The second kappa shape index (κ2) is 4.45. The Kier molecular flexibility index (Phi) is 3.00. The molecule has 0 aliphatic carbocycles. The van der Waals surface area contributed by atoms with E-state index in [1.165, 1.54) is 5.56 Å². The summed E-state index contributed by atoms with van der Waals surface area (Å²) in [5.41, 5.74) is 9.92. The minimum atomic E-state index is 0.728. The van der Waals surface area contributed by atoms with Crippen LogP contribution in [0.15, 0.2) is 36.5 Å². The summed E-state index contributed by atoms with van der Waals surface area (Å²) in [4.78, 5) is 6.39.